The van der Waals surface area contributed by atoms with Gasteiger partial charge in [0.1, 0.15) is 5.58 Å². The Balaban J connectivity index is 1.51. The molecule has 162 valence electrons. The average molecular weight is 439 g/mol. The number of para-hydroxylation sites is 1. The highest BCUT2D eigenvalue weighted by molar-refractivity contribution is 7.98. The van der Waals surface area contributed by atoms with Gasteiger partial charge in [-0.2, -0.15) is 0 Å². The van der Waals surface area contributed by atoms with E-state index in [4.69, 9.17) is 4.42 Å². The highest BCUT2D eigenvalue weighted by Gasteiger charge is 2.31. The van der Waals surface area contributed by atoms with Crippen LogP contribution in [0.3, 0.4) is 0 Å². The second kappa shape index (κ2) is 9.51. The molecule has 0 spiro atoms. The number of thioether (sulfide) groups is 1. The van der Waals surface area contributed by atoms with Crippen LogP contribution in [0.25, 0.3) is 11.0 Å². The quantitative estimate of drug-likeness (QED) is 0.464. The predicted octanol–water partition coefficient (Wildman–Crippen LogP) is 3.89. The van der Waals surface area contributed by atoms with Gasteiger partial charge in [0.2, 0.25) is 5.91 Å². The number of carbonyl (C=O) groups excluding carboxylic acids is 2. The van der Waals surface area contributed by atoms with E-state index in [9.17, 15) is 9.59 Å². The van der Waals surface area contributed by atoms with Crippen molar-refractivity contribution < 1.29 is 14.0 Å². The number of carbonyl (C=O) groups is 2. The molecule has 0 saturated carbocycles. The van der Waals surface area contributed by atoms with Crippen LogP contribution < -0.4 is 5.32 Å². The first kappa shape index (κ1) is 21.4. The fraction of sp³-hybridized carbons (Fsp3) is 0.391. The molecular weight excluding hydrogens is 412 g/mol. The molecule has 1 saturated heterocycles. The van der Waals surface area contributed by atoms with Gasteiger partial charge < -0.3 is 14.6 Å². The van der Waals surface area contributed by atoms with Crippen molar-refractivity contribution in [2.75, 3.05) is 13.1 Å². The molecule has 0 atom stereocenters. The minimum atomic E-state index is -0.122. The number of rotatable bonds is 6. The smallest absolute Gasteiger partial charge is 0.289 e. The van der Waals surface area contributed by atoms with E-state index >= 15 is 0 Å². The topological polar surface area (TPSA) is 88.3 Å². The Morgan fingerprint density at radius 3 is 2.58 bits per heavy atom. The Labute approximate surface area is 185 Å². The fourth-order valence-corrected chi connectivity index (χ4v) is 4.63. The van der Waals surface area contributed by atoms with Gasteiger partial charge in [-0.05, 0) is 38.8 Å². The van der Waals surface area contributed by atoms with Crippen LogP contribution in [0.4, 0.5) is 0 Å². The number of amides is 2. The number of aromatic nitrogens is 2. The third-order valence-corrected chi connectivity index (χ3v) is 6.27. The summed E-state index contributed by atoms with van der Waals surface area (Å²) < 4.78 is 6.00. The predicted molar refractivity (Wildman–Crippen MR) is 120 cm³/mol. The number of furan rings is 1. The fourth-order valence-electron chi connectivity index (χ4n) is 3.80. The molecule has 4 rings (SSSR count). The first-order valence-electron chi connectivity index (χ1n) is 10.5. The lowest BCUT2D eigenvalue weighted by Gasteiger charge is -2.31. The SMILES string of the molecule is CC(C)NC(=O)C1CCN(C(=O)c2oc3ccccc3c2CSc2ncccn2)CC1. The van der Waals surface area contributed by atoms with Crippen molar-refractivity contribution in [1.82, 2.24) is 20.2 Å². The van der Waals surface area contributed by atoms with E-state index in [2.05, 4.69) is 15.3 Å². The minimum Gasteiger partial charge on any atom is -0.451 e. The number of fused-ring (bicyclic) bond motifs is 1. The maximum absolute atomic E-state index is 13.3. The first-order chi connectivity index (χ1) is 15.0. The number of hydrogen-bond donors (Lipinski definition) is 1. The molecule has 1 fully saturated rings. The minimum absolute atomic E-state index is 0.0487. The number of benzene rings is 1. The molecule has 0 radical (unpaired) electrons. The second-order valence-corrected chi connectivity index (χ2v) is 8.90. The summed E-state index contributed by atoms with van der Waals surface area (Å²) >= 11 is 1.48. The molecule has 2 aromatic heterocycles. The highest BCUT2D eigenvalue weighted by atomic mass is 32.2. The lowest BCUT2D eigenvalue weighted by atomic mass is 9.95. The van der Waals surface area contributed by atoms with Gasteiger partial charge >= 0.3 is 0 Å². The van der Waals surface area contributed by atoms with E-state index in [1.54, 1.807) is 23.4 Å². The van der Waals surface area contributed by atoms with Crippen LogP contribution in [0.15, 0.2) is 52.3 Å². The maximum Gasteiger partial charge on any atom is 0.289 e. The van der Waals surface area contributed by atoms with Crippen molar-refractivity contribution in [2.45, 2.75) is 43.6 Å². The Hall–Kier alpha value is -2.87. The number of nitrogens with zero attached hydrogens (tertiary/aromatic N) is 3. The summed E-state index contributed by atoms with van der Waals surface area (Å²) in [7, 11) is 0. The Morgan fingerprint density at radius 2 is 1.87 bits per heavy atom. The molecule has 1 aromatic carbocycles. The van der Waals surface area contributed by atoms with Gasteiger partial charge in [-0.1, -0.05) is 30.0 Å². The van der Waals surface area contributed by atoms with E-state index in [0.717, 1.165) is 10.9 Å². The number of hydrogen-bond acceptors (Lipinski definition) is 6. The monoisotopic (exact) mass is 438 g/mol. The van der Waals surface area contributed by atoms with Gasteiger partial charge in [0.25, 0.3) is 5.91 Å². The third kappa shape index (κ3) is 4.90. The summed E-state index contributed by atoms with van der Waals surface area (Å²) in [5.74, 6) is 0.811. The summed E-state index contributed by atoms with van der Waals surface area (Å²) in [6.45, 7) is 5.00. The molecular formula is C23H26N4O3S. The zero-order valence-corrected chi connectivity index (χ0v) is 18.5. The summed E-state index contributed by atoms with van der Waals surface area (Å²) in [4.78, 5) is 36.0. The lowest BCUT2D eigenvalue weighted by molar-refractivity contribution is -0.126. The third-order valence-electron chi connectivity index (χ3n) is 5.36. The van der Waals surface area contributed by atoms with Gasteiger partial charge in [0.05, 0.1) is 0 Å². The summed E-state index contributed by atoms with van der Waals surface area (Å²) in [6, 6.07) is 9.59. The van der Waals surface area contributed by atoms with Gasteiger partial charge in [0, 0.05) is 54.1 Å². The number of likely N-dealkylation sites (tertiary alicyclic amines) is 1. The van der Waals surface area contributed by atoms with Gasteiger partial charge in [-0.15, -0.1) is 0 Å². The average Bonchev–Trinajstić information content (AvgIpc) is 3.16. The van der Waals surface area contributed by atoms with Crippen molar-refractivity contribution in [3.8, 4) is 0 Å². The van der Waals surface area contributed by atoms with E-state index in [0.29, 0.717) is 48.2 Å². The first-order valence-corrected chi connectivity index (χ1v) is 11.5. The van der Waals surface area contributed by atoms with E-state index < -0.39 is 0 Å². The molecule has 0 bridgehead atoms. The standard InChI is InChI=1S/C23H26N4O3S/c1-15(2)26-21(28)16-8-12-27(13-9-16)22(29)20-18(14-31-23-24-10-5-11-25-23)17-6-3-4-7-19(17)30-20/h3-7,10-11,15-16H,8-9,12-14H2,1-2H3,(H,26,28). The Bertz CT molecular complexity index is 1060. The van der Waals surface area contributed by atoms with Crippen LogP contribution in [0, 0.1) is 5.92 Å². The van der Waals surface area contributed by atoms with Gasteiger partial charge in [-0.3, -0.25) is 9.59 Å². The van der Waals surface area contributed by atoms with Crippen molar-refractivity contribution in [3.63, 3.8) is 0 Å². The van der Waals surface area contributed by atoms with E-state index in [1.807, 2.05) is 38.1 Å². The normalized spacial score (nSPS) is 14.9. The molecule has 7 nitrogen and oxygen atoms in total. The van der Waals surface area contributed by atoms with Gasteiger partial charge in [-0.25, -0.2) is 9.97 Å². The van der Waals surface area contributed by atoms with Crippen LogP contribution in [0.5, 0.6) is 0 Å². The molecule has 3 heterocycles. The molecule has 2 amide bonds. The summed E-state index contributed by atoms with van der Waals surface area (Å²) in [5.41, 5.74) is 1.55. The molecule has 0 aliphatic carbocycles. The highest BCUT2D eigenvalue weighted by Crippen LogP contribution is 2.32. The number of piperidine rings is 1. The largest absolute Gasteiger partial charge is 0.451 e. The van der Waals surface area contributed by atoms with Crippen LogP contribution in [-0.4, -0.2) is 45.8 Å². The number of nitrogens with one attached hydrogen (secondary N) is 1. The molecule has 1 N–H and O–H groups in total. The van der Waals surface area contributed by atoms with Crippen LogP contribution >= 0.6 is 11.8 Å². The molecule has 1 aliphatic heterocycles. The maximum atomic E-state index is 13.3. The molecule has 31 heavy (non-hydrogen) atoms. The molecule has 8 heteroatoms. The van der Waals surface area contributed by atoms with Crippen molar-refractivity contribution in [3.05, 3.63) is 54.0 Å². The van der Waals surface area contributed by atoms with Crippen LogP contribution in [0.1, 0.15) is 42.8 Å². The van der Waals surface area contributed by atoms with Gasteiger partial charge in [0.15, 0.2) is 10.9 Å². The Kier molecular flexibility index (Phi) is 6.56. The zero-order chi connectivity index (χ0) is 21.8. The van der Waals surface area contributed by atoms with Crippen molar-refractivity contribution in [2.24, 2.45) is 5.92 Å². The van der Waals surface area contributed by atoms with Crippen molar-refractivity contribution >= 4 is 34.5 Å². The zero-order valence-electron chi connectivity index (χ0n) is 17.7. The van der Waals surface area contributed by atoms with Crippen LogP contribution in [-0.2, 0) is 10.5 Å². The molecule has 0 unspecified atom stereocenters. The second-order valence-electron chi connectivity index (χ2n) is 7.96. The summed E-state index contributed by atoms with van der Waals surface area (Å²) in [6.07, 6.45) is 4.72. The summed E-state index contributed by atoms with van der Waals surface area (Å²) in [5, 5.41) is 4.56. The lowest BCUT2D eigenvalue weighted by Crippen LogP contribution is -2.44. The van der Waals surface area contributed by atoms with Crippen LogP contribution in [0.2, 0.25) is 0 Å². The van der Waals surface area contributed by atoms with E-state index in [1.165, 1.54) is 11.8 Å². The molecule has 3 aromatic rings. The molecule has 1 aliphatic rings. The van der Waals surface area contributed by atoms with Crippen molar-refractivity contribution in [1.29, 1.82) is 0 Å². The Morgan fingerprint density at radius 1 is 1.16 bits per heavy atom. The van der Waals surface area contributed by atoms with E-state index in [-0.39, 0.29) is 23.8 Å².